The van der Waals surface area contributed by atoms with Crippen LogP contribution in [0.3, 0.4) is 0 Å². The summed E-state index contributed by atoms with van der Waals surface area (Å²) in [6.07, 6.45) is 2.04. The van der Waals surface area contributed by atoms with Crippen molar-refractivity contribution in [1.82, 2.24) is 5.32 Å². The number of amides is 1. The zero-order chi connectivity index (χ0) is 14.6. The summed E-state index contributed by atoms with van der Waals surface area (Å²) in [5, 5.41) is 2.97. The normalized spacial score (nSPS) is 11.2. The number of anilines is 2. The molecule has 0 unspecified atom stereocenters. The Labute approximate surface area is 119 Å². The summed E-state index contributed by atoms with van der Waals surface area (Å²) < 4.78 is 0.0221. The first kappa shape index (κ1) is 15.7. The maximum atomic E-state index is 12.3. The number of hydrogen-bond acceptors (Lipinski definition) is 4. The maximum absolute atomic E-state index is 12.3. The van der Waals surface area contributed by atoms with Crippen LogP contribution in [0.2, 0.25) is 0 Å². The molecule has 3 N–H and O–H groups in total. The summed E-state index contributed by atoms with van der Waals surface area (Å²) >= 11 is 1.73. The molecule has 1 aromatic rings. The van der Waals surface area contributed by atoms with E-state index in [1.165, 1.54) is 0 Å². The van der Waals surface area contributed by atoms with Crippen LogP contribution in [-0.2, 0) is 0 Å². The van der Waals surface area contributed by atoms with Gasteiger partial charge in [0, 0.05) is 36.8 Å². The molecule has 0 aliphatic carbocycles. The van der Waals surface area contributed by atoms with E-state index in [1.54, 1.807) is 23.9 Å². The Morgan fingerprint density at radius 1 is 1.42 bits per heavy atom. The highest BCUT2D eigenvalue weighted by molar-refractivity contribution is 7.99. The number of nitrogen functional groups attached to an aromatic ring is 1. The van der Waals surface area contributed by atoms with E-state index in [-0.39, 0.29) is 10.7 Å². The van der Waals surface area contributed by atoms with Crippen LogP contribution < -0.4 is 16.0 Å². The third-order valence-corrected chi connectivity index (χ3v) is 4.22. The fourth-order valence-electron chi connectivity index (χ4n) is 1.59. The number of benzene rings is 1. The van der Waals surface area contributed by atoms with Gasteiger partial charge >= 0.3 is 0 Å². The summed E-state index contributed by atoms with van der Waals surface area (Å²) in [5.41, 5.74) is 7.85. The average Bonchev–Trinajstić information content (AvgIpc) is 2.35. The van der Waals surface area contributed by atoms with Gasteiger partial charge in [-0.3, -0.25) is 4.79 Å². The minimum Gasteiger partial charge on any atom is -0.399 e. The molecule has 0 aromatic heterocycles. The molecule has 5 heteroatoms. The van der Waals surface area contributed by atoms with Crippen LogP contribution in [0.5, 0.6) is 0 Å². The Balaban J connectivity index is 2.90. The Kier molecular flexibility index (Phi) is 5.11. The fraction of sp³-hybridized carbons (Fsp3) is 0.500. The molecule has 0 saturated carbocycles. The minimum atomic E-state index is -0.0851. The van der Waals surface area contributed by atoms with Gasteiger partial charge in [0.15, 0.2) is 0 Å². The van der Waals surface area contributed by atoms with E-state index in [4.69, 9.17) is 5.73 Å². The monoisotopic (exact) mass is 281 g/mol. The first-order valence-electron chi connectivity index (χ1n) is 6.17. The molecule has 4 nitrogen and oxygen atoms in total. The highest BCUT2D eigenvalue weighted by atomic mass is 32.2. The van der Waals surface area contributed by atoms with Crippen molar-refractivity contribution in [3.05, 3.63) is 23.8 Å². The number of nitrogens with two attached hydrogens (primary N) is 1. The number of hydrogen-bond donors (Lipinski definition) is 2. The molecule has 19 heavy (non-hydrogen) atoms. The van der Waals surface area contributed by atoms with Crippen LogP contribution in [0.4, 0.5) is 11.4 Å². The third-order valence-electron chi connectivity index (χ3n) is 2.97. The molecule has 0 bridgehead atoms. The lowest BCUT2D eigenvalue weighted by Gasteiger charge is -2.23. The van der Waals surface area contributed by atoms with Crippen molar-refractivity contribution < 1.29 is 4.79 Å². The SMILES string of the molecule is CSC(C)(C)CNC(=O)c1cc(N)ccc1N(C)C. The van der Waals surface area contributed by atoms with Crippen LogP contribution in [0, 0.1) is 0 Å². The van der Waals surface area contributed by atoms with E-state index < -0.39 is 0 Å². The van der Waals surface area contributed by atoms with Crippen molar-refractivity contribution in [3.8, 4) is 0 Å². The number of thioether (sulfide) groups is 1. The van der Waals surface area contributed by atoms with Crippen molar-refractivity contribution in [3.63, 3.8) is 0 Å². The van der Waals surface area contributed by atoms with Gasteiger partial charge in [-0.1, -0.05) is 0 Å². The van der Waals surface area contributed by atoms with Crippen LogP contribution in [0.15, 0.2) is 18.2 Å². The van der Waals surface area contributed by atoms with Crippen LogP contribution in [-0.4, -0.2) is 37.6 Å². The second kappa shape index (κ2) is 6.19. The van der Waals surface area contributed by atoms with E-state index in [0.717, 1.165) is 5.69 Å². The lowest BCUT2D eigenvalue weighted by molar-refractivity contribution is 0.0951. The molecule has 0 aliphatic rings. The molecule has 106 valence electrons. The number of rotatable bonds is 5. The number of nitrogens with zero attached hydrogens (tertiary/aromatic N) is 1. The van der Waals surface area contributed by atoms with Gasteiger partial charge in [-0.05, 0) is 38.3 Å². The van der Waals surface area contributed by atoms with Crippen molar-refractivity contribution >= 4 is 29.0 Å². The van der Waals surface area contributed by atoms with Crippen molar-refractivity contribution in [2.45, 2.75) is 18.6 Å². The Morgan fingerprint density at radius 3 is 2.58 bits per heavy atom. The number of carbonyl (C=O) groups excluding carboxylic acids is 1. The van der Waals surface area contributed by atoms with Gasteiger partial charge in [0.2, 0.25) is 0 Å². The first-order valence-corrected chi connectivity index (χ1v) is 7.39. The average molecular weight is 281 g/mol. The lowest BCUT2D eigenvalue weighted by Crippen LogP contribution is -2.36. The minimum absolute atomic E-state index is 0.0221. The fourth-order valence-corrected chi connectivity index (χ4v) is 1.80. The molecule has 0 fully saturated rings. The highest BCUT2D eigenvalue weighted by Gasteiger charge is 2.19. The quantitative estimate of drug-likeness (QED) is 0.812. The molecule has 1 amide bonds. The molecule has 0 spiro atoms. The van der Waals surface area contributed by atoms with Gasteiger partial charge in [-0.15, -0.1) is 0 Å². The summed E-state index contributed by atoms with van der Waals surface area (Å²) in [4.78, 5) is 14.2. The molecule has 0 aliphatic heterocycles. The highest BCUT2D eigenvalue weighted by Crippen LogP contribution is 2.23. The summed E-state index contributed by atoms with van der Waals surface area (Å²) in [6, 6.07) is 5.39. The van der Waals surface area contributed by atoms with E-state index in [1.807, 2.05) is 31.3 Å². The molecule has 1 rings (SSSR count). The van der Waals surface area contributed by atoms with Gasteiger partial charge in [-0.2, -0.15) is 11.8 Å². The first-order chi connectivity index (χ1) is 8.76. The Hall–Kier alpha value is -1.36. The smallest absolute Gasteiger partial charge is 0.253 e. The second-order valence-corrected chi connectivity index (χ2v) is 6.83. The van der Waals surface area contributed by atoms with E-state index in [0.29, 0.717) is 17.8 Å². The molecule has 0 radical (unpaired) electrons. The van der Waals surface area contributed by atoms with E-state index in [2.05, 4.69) is 19.2 Å². The molecule has 0 atom stereocenters. The largest absolute Gasteiger partial charge is 0.399 e. The van der Waals surface area contributed by atoms with Crippen molar-refractivity contribution in [2.24, 2.45) is 0 Å². The van der Waals surface area contributed by atoms with Gasteiger partial charge in [0.05, 0.1) is 5.56 Å². The van der Waals surface area contributed by atoms with Gasteiger partial charge in [0.1, 0.15) is 0 Å². The Morgan fingerprint density at radius 2 is 2.05 bits per heavy atom. The number of nitrogens with one attached hydrogen (secondary N) is 1. The van der Waals surface area contributed by atoms with E-state index >= 15 is 0 Å². The van der Waals surface area contributed by atoms with E-state index in [9.17, 15) is 4.79 Å². The van der Waals surface area contributed by atoms with Crippen LogP contribution >= 0.6 is 11.8 Å². The Bertz CT molecular complexity index is 458. The zero-order valence-corrected chi connectivity index (χ0v) is 13.1. The standard InChI is InChI=1S/C14H23N3OS/c1-14(2,19-5)9-16-13(18)11-8-10(15)6-7-12(11)17(3)4/h6-8H,9,15H2,1-5H3,(H,16,18). The van der Waals surface area contributed by atoms with Crippen molar-refractivity contribution in [1.29, 1.82) is 0 Å². The molecule has 1 aromatic carbocycles. The maximum Gasteiger partial charge on any atom is 0.253 e. The predicted octanol–water partition coefficient (Wildman–Crippen LogP) is 2.21. The van der Waals surface area contributed by atoms with Gasteiger partial charge in [-0.25, -0.2) is 0 Å². The molecule has 0 saturated heterocycles. The second-order valence-electron chi connectivity index (χ2n) is 5.32. The number of carbonyl (C=O) groups is 1. The summed E-state index contributed by atoms with van der Waals surface area (Å²) in [7, 11) is 3.82. The van der Waals surface area contributed by atoms with Crippen molar-refractivity contribution in [2.75, 3.05) is 37.5 Å². The van der Waals surface area contributed by atoms with Gasteiger partial charge in [0.25, 0.3) is 5.91 Å². The zero-order valence-electron chi connectivity index (χ0n) is 12.3. The molecular formula is C14H23N3OS. The summed E-state index contributed by atoms with van der Waals surface area (Å²) in [6.45, 7) is 4.82. The summed E-state index contributed by atoms with van der Waals surface area (Å²) in [5.74, 6) is -0.0851. The molecule has 0 heterocycles. The third kappa shape index (κ3) is 4.35. The lowest BCUT2D eigenvalue weighted by atomic mass is 10.1. The predicted molar refractivity (Wildman–Crippen MR) is 85.1 cm³/mol. The molecular weight excluding hydrogens is 258 g/mol. The van der Waals surface area contributed by atoms with Crippen LogP contribution in [0.25, 0.3) is 0 Å². The van der Waals surface area contributed by atoms with Crippen LogP contribution in [0.1, 0.15) is 24.2 Å². The topological polar surface area (TPSA) is 58.4 Å². The van der Waals surface area contributed by atoms with Gasteiger partial charge < -0.3 is 16.0 Å².